The van der Waals surface area contributed by atoms with Gasteiger partial charge in [-0.15, -0.1) is 12.4 Å². The van der Waals surface area contributed by atoms with Crippen molar-refractivity contribution in [3.63, 3.8) is 0 Å². The van der Waals surface area contributed by atoms with Crippen LogP contribution in [0.2, 0.25) is 0 Å². The van der Waals surface area contributed by atoms with Crippen molar-refractivity contribution in [2.24, 2.45) is 11.7 Å². The molecule has 0 heterocycles. The molecule has 1 aliphatic rings. The predicted molar refractivity (Wildman–Crippen MR) is 84.6 cm³/mol. The van der Waals surface area contributed by atoms with Crippen molar-refractivity contribution >= 4 is 39.9 Å². The Bertz CT molecular complexity index is 404. The number of carbonyl (C=O) groups is 1. The average molecular weight is 348 g/mol. The summed E-state index contributed by atoms with van der Waals surface area (Å²) in [5.74, 6) is 0.276. The fraction of sp³-hybridized carbons (Fsp3) is 0.500. The number of hydrogen-bond acceptors (Lipinski definition) is 2. The third-order valence-corrected chi connectivity index (χ3v) is 4.10. The number of carbonyl (C=O) groups excluding carboxylic acids is 1. The van der Waals surface area contributed by atoms with Crippen LogP contribution in [0.4, 0.5) is 5.69 Å². The van der Waals surface area contributed by atoms with Gasteiger partial charge in [-0.3, -0.25) is 4.79 Å². The van der Waals surface area contributed by atoms with E-state index >= 15 is 0 Å². The van der Waals surface area contributed by atoms with Gasteiger partial charge >= 0.3 is 0 Å². The van der Waals surface area contributed by atoms with E-state index in [4.69, 9.17) is 5.73 Å². The molecule has 1 fully saturated rings. The predicted octanol–water partition coefficient (Wildman–Crippen LogP) is 3.72. The largest absolute Gasteiger partial charge is 0.325 e. The van der Waals surface area contributed by atoms with Crippen LogP contribution in [-0.2, 0) is 4.79 Å². The van der Waals surface area contributed by atoms with Crippen molar-refractivity contribution in [2.45, 2.75) is 38.1 Å². The van der Waals surface area contributed by atoms with Crippen LogP contribution in [0, 0.1) is 5.92 Å². The van der Waals surface area contributed by atoms with Gasteiger partial charge in [0.25, 0.3) is 0 Å². The summed E-state index contributed by atoms with van der Waals surface area (Å²) in [6, 6.07) is 7.17. The SMILES string of the molecule is Cl.N[C@H](C(=O)Nc1ccc(Br)cc1)C1CCCCC1. The number of nitrogens with one attached hydrogen (secondary N) is 1. The van der Waals surface area contributed by atoms with Crippen LogP contribution in [0.3, 0.4) is 0 Å². The molecule has 0 radical (unpaired) electrons. The zero-order valence-corrected chi connectivity index (χ0v) is 13.2. The molecule has 0 bridgehead atoms. The summed E-state index contributed by atoms with van der Waals surface area (Å²) in [5.41, 5.74) is 6.85. The summed E-state index contributed by atoms with van der Waals surface area (Å²) in [6.07, 6.45) is 5.83. The minimum Gasteiger partial charge on any atom is -0.325 e. The van der Waals surface area contributed by atoms with Gasteiger partial charge in [-0.1, -0.05) is 35.2 Å². The van der Waals surface area contributed by atoms with Crippen LogP contribution in [0.15, 0.2) is 28.7 Å². The van der Waals surface area contributed by atoms with Crippen LogP contribution < -0.4 is 11.1 Å². The summed E-state index contributed by atoms with van der Waals surface area (Å²) in [5, 5.41) is 2.88. The van der Waals surface area contributed by atoms with Gasteiger partial charge in [0.1, 0.15) is 0 Å². The quantitative estimate of drug-likeness (QED) is 0.875. The monoisotopic (exact) mass is 346 g/mol. The van der Waals surface area contributed by atoms with E-state index in [1.807, 2.05) is 24.3 Å². The second-order valence-electron chi connectivity index (χ2n) is 4.92. The van der Waals surface area contributed by atoms with Gasteiger partial charge < -0.3 is 11.1 Å². The molecule has 0 saturated heterocycles. The Morgan fingerprint density at radius 1 is 1.21 bits per heavy atom. The first-order chi connectivity index (χ1) is 8.66. The molecule has 0 unspecified atom stereocenters. The van der Waals surface area contributed by atoms with E-state index in [9.17, 15) is 4.79 Å². The van der Waals surface area contributed by atoms with Gasteiger partial charge in [-0.2, -0.15) is 0 Å². The minimum absolute atomic E-state index is 0. The molecule has 5 heteroatoms. The molecular weight excluding hydrogens is 328 g/mol. The molecule has 19 heavy (non-hydrogen) atoms. The first-order valence-corrected chi connectivity index (χ1v) is 7.28. The van der Waals surface area contributed by atoms with Crippen LogP contribution in [0.25, 0.3) is 0 Å². The maximum atomic E-state index is 12.0. The maximum Gasteiger partial charge on any atom is 0.241 e. The number of rotatable bonds is 3. The highest BCUT2D eigenvalue weighted by molar-refractivity contribution is 9.10. The standard InChI is InChI=1S/C14H19BrN2O.ClH/c15-11-6-8-12(9-7-11)17-14(18)13(16)10-4-2-1-3-5-10;/h6-10,13H,1-5,16H2,(H,17,18);1H/t13-;/m0./s1. The second kappa shape index (κ2) is 7.88. The molecule has 1 aromatic carbocycles. The number of benzene rings is 1. The molecule has 0 spiro atoms. The normalized spacial score (nSPS) is 17.4. The number of nitrogens with two attached hydrogens (primary N) is 1. The summed E-state index contributed by atoms with van der Waals surface area (Å²) in [4.78, 5) is 12.0. The summed E-state index contributed by atoms with van der Waals surface area (Å²) >= 11 is 3.37. The lowest BCUT2D eigenvalue weighted by molar-refractivity contribution is -0.118. The first kappa shape index (κ1) is 16.5. The topological polar surface area (TPSA) is 55.1 Å². The Balaban J connectivity index is 0.00000180. The third kappa shape index (κ3) is 4.79. The highest BCUT2D eigenvalue weighted by Crippen LogP contribution is 2.26. The molecule has 2 rings (SSSR count). The maximum absolute atomic E-state index is 12.0. The number of anilines is 1. The molecule has 0 aromatic heterocycles. The first-order valence-electron chi connectivity index (χ1n) is 6.49. The molecule has 3 nitrogen and oxygen atoms in total. The number of hydrogen-bond donors (Lipinski definition) is 2. The van der Waals surface area contributed by atoms with E-state index in [2.05, 4.69) is 21.2 Å². The van der Waals surface area contributed by atoms with Crippen molar-refractivity contribution in [1.29, 1.82) is 0 Å². The Labute approximate surface area is 128 Å². The molecule has 106 valence electrons. The Morgan fingerprint density at radius 2 is 1.79 bits per heavy atom. The highest BCUT2D eigenvalue weighted by atomic mass is 79.9. The van der Waals surface area contributed by atoms with Gasteiger partial charge in [0, 0.05) is 10.2 Å². The van der Waals surface area contributed by atoms with Crippen LogP contribution in [-0.4, -0.2) is 11.9 Å². The van der Waals surface area contributed by atoms with Gasteiger partial charge in [-0.05, 0) is 43.0 Å². The van der Waals surface area contributed by atoms with E-state index in [0.717, 1.165) is 23.0 Å². The Hall–Kier alpha value is -0.580. The van der Waals surface area contributed by atoms with Crippen LogP contribution in [0.1, 0.15) is 32.1 Å². The van der Waals surface area contributed by atoms with E-state index in [1.54, 1.807) is 0 Å². The van der Waals surface area contributed by atoms with Gasteiger partial charge in [0.2, 0.25) is 5.91 Å². The minimum atomic E-state index is -0.381. The fourth-order valence-corrected chi connectivity index (χ4v) is 2.73. The van der Waals surface area contributed by atoms with E-state index in [-0.39, 0.29) is 24.4 Å². The molecule has 0 aliphatic heterocycles. The van der Waals surface area contributed by atoms with Gasteiger partial charge in [-0.25, -0.2) is 0 Å². The van der Waals surface area contributed by atoms with Crippen LogP contribution in [0.5, 0.6) is 0 Å². The van der Waals surface area contributed by atoms with Crippen molar-refractivity contribution < 1.29 is 4.79 Å². The van der Waals surface area contributed by atoms with Crippen molar-refractivity contribution in [2.75, 3.05) is 5.32 Å². The number of amides is 1. The number of halogens is 2. The van der Waals surface area contributed by atoms with E-state index in [0.29, 0.717) is 5.92 Å². The van der Waals surface area contributed by atoms with Crippen molar-refractivity contribution in [3.8, 4) is 0 Å². The Morgan fingerprint density at radius 3 is 2.37 bits per heavy atom. The lowest BCUT2D eigenvalue weighted by Crippen LogP contribution is -2.42. The van der Waals surface area contributed by atoms with E-state index < -0.39 is 0 Å². The van der Waals surface area contributed by atoms with Crippen LogP contribution >= 0.6 is 28.3 Å². The lowest BCUT2D eigenvalue weighted by atomic mass is 9.84. The lowest BCUT2D eigenvalue weighted by Gasteiger charge is -2.26. The molecular formula is C14H20BrClN2O. The summed E-state index contributed by atoms with van der Waals surface area (Å²) < 4.78 is 0.997. The smallest absolute Gasteiger partial charge is 0.241 e. The zero-order valence-electron chi connectivity index (χ0n) is 10.8. The molecule has 1 aromatic rings. The molecule has 1 atom stereocenters. The third-order valence-electron chi connectivity index (χ3n) is 3.57. The molecule has 1 amide bonds. The summed E-state index contributed by atoms with van der Waals surface area (Å²) in [6.45, 7) is 0. The summed E-state index contributed by atoms with van der Waals surface area (Å²) in [7, 11) is 0. The average Bonchev–Trinajstić information content (AvgIpc) is 2.41. The van der Waals surface area contributed by atoms with Gasteiger partial charge in [0.15, 0.2) is 0 Å². The molecule has 1 saturated carbocycles. The van der Waals surface area contributed by atoms with Gasteiger partial charge in [0.05, 0.1) is 6.04 Å². The molecule has 1 aliphatic carbocycles. The van der Waals surface area contributed by atoms with Crippen molar-refractivity contribution in [1.82, 2.24) is 0 Å². The zero-order chi connectivity index (χ0) is 13.0. The second-order valence-corrected chi connectivity index (χ2v) is 5.84. The molecule has 3 N–H and O–H groups in total. The Kier molecular flexibility index (Phi) is 6.83. The van der Waals surface area contributed by atoms with Crippen molar-refractivity contribution in [3.05, 3.63) is 28.7 Å². The van der Waals surface area contributed by atoms with E-state index in [1.165, 1.54) is 19.3 Å². The highest BCUT2D eigenvalue weighted by Gasteiger charge is 2.25. The fourth-order valence-electron chi connectivity index (χ4n) is 2.47.